The maximum Gasteiger partial charge on any atom is 0.0576 e. The van der Waals surface area contributed by atoms with E-state index in [2.05, 4.69) is 24.2 Å². The smallest absolute Gasteiger partial charge is 0.0576 e. The number of hydrogen-bond acceptors (Lipinski definition) is 3. The summed E-state index contributed by atoms with van der Waals surface area (Å²) in [6, 6.07) is 0. The third kappa shape index (κ3) is 6.13. The predicted molar refractivity (Wildman–Crippen MR) is 64.2 cm³/mol. The standard InChI is InChI=1S/C12H26N2O/c1-3-14(2)10-9-13-8-4-6-12-7-5-11-15-12/h12-13H,3-11H2,1-2H3. The average Bonchev–Trinajstić information content (AvgIpc) is 2.75. The number of likely N-dealkylation sites (N-methyl/N-ethyl adjacent to an activating group) is 1. The van der Waals surface area contributed by atoms with Crippen LogP contribution in [0.1, 0.15) is 32.6 Å². The number of ether oxygens (including phenoxy) is 1. The van der Waals surface area contributed by atoms with Crippen LogP contribution in [-0.4, -0.2) is 50.8 Å². The van der Waals surface area contributed by atoms with Crippen molar-refractivity contribution in [3.05, 3.63) is 0 Å². The van der Waals surface area contributed by atoms with Gasteiger partial charge in [0.25, 0.3) is 0 Å². The van der Waals surface area contributed by atoms with Crippen LogP contribution < -0.4 is 5.32 Å². The highest BCUT2D eigenvalue weighted by Crippen LogP contribution is 2.16. The molecule has 1 aliphatic rings. The lowest BCUT2D eigenvalue weighted by Gasteiger charge is -2.14. The molecule has 0 amide bonds. The first-order valence-electron chi connectivity index (χ1n) is 6.33. The zero-order valence-electron chi connectivity index (χ0n) is 10.3. The van der Waals surface area contributed by atoms with Crippen molar-refractivity contribution in [2.24, 2.45) is 0 Å². The van der Waals surface area contributed by atoms with Crippen molar-refractivity contribution in [2.45, 2.75) is 38.7 Å². The maximum atomic E-state index is 5.58. The molecular weight excluding hydrogens is 188 g/mol. The van der Waals surface area contributed by atoms with Gasteiger partial charge in [0, 0.05) is 19.7 Å². The summed E-state index contributed by atoms with van der Waals surface area (Å²) < 4.78 is 5.58. The van der Waals surface area contributed by atoms with Crippen LogP contribution in [0.5, 0.6) is 0 Å². The van der Waals surface area contributed by atoms with Gasteiger partial charge in [0.05, 0.1) is 6.10 Å². The molecule has 3 nitrogen and oxygen atoms in total. The molecule has 0 saturated carbocycles. The second-order valence-corrected chi connectivity index (χ2v) is 4.42. The van der Waals surface area contributed by atoms with Crippen LogP contribution >= 0.6 is 0 Å². The summed E-state index contributed by atoms with van der Waals surface area (Å²) in [4.78, 5) is 2.33. The van der Waals surface area contributed by atoms with E-state index in [9.17, 15) is 0 Å². The van der Waals surface area contributed by atoms with E-state index >= 15 is 0 Å². The Morgan fingerprint density at radius 1 is 1.40 bits per heavy atom. The lowest BCUT2D eigenvalue weighted by molar-refractivity contribution is 0.102. The molecule has 15 heavy (non-hydrogen) atoms. The van der Waals surface area contributed by atoms with Crippen molar-refractivity contribution in [3.8, 4) is 0 Å². The third-order valence-electron chi connectivity index (χ3n) is 3.11. The molecule has 0 spiro atoms. The van der Waals surface area contributed by atoms with E-state index in [0.717, 1.165) is 32.8 Å². The Kier molecular flexibility index (Phi) is 6.98. The SMILES string of the molecule is CCN(C)CCNCCCC1CCCO1. The molecule has 0 aromatic heterocycles. The normalized spacial score (nSPS) is 21.4. The highest BCUT2D eigenvalue weighted by atomic mass is 16.5. The minimum atomic E-state index is 0.560. The Bertz CT molecular complexity index is 147. The monoisotopic (exact) mass is 214 g/mol. The molecule has 1 fully saturated rings. The Morgan fingerprint density at radius 2 is 2.27 bits per heavy atom. The molecule has 0 aromatic carbocycles. The van der Waals surface area contributed by atoms with Crippen LogP contribution in [0.2, 0.25) is 0 Å². The van der Waals surface area contributed by atoms with Gasteiger partial charge in [-0.1, -0.05) is 6.92 Å². The molecule has 1 rings (SSSR count). The Balaban J connectivity index is 1.80. The third-order valence-corrected chi connectivity index (χ3v) is 3.11. The van der Waals surface area contributed by atoms with Crippen molar-refractivity contribution in [1.82, 2.24) is 10.2 Å². The summed E-state index contributed by atoms with van der Waals surface area (Å²) in [6.07, 6.45) is 5.58. The fourth-order valence-corrected chi connectivity index (χ4v) is 1.88. The molecule has 0 aliphatic carbocycles. The molecule has 1 aliphatic heterocycles. The van der Waals surface area contributed by atoms with E-state index in [-0.39, 0.29) is 0 Å². The summed E-state index contributed by atoms with van der Waals surface area (Å²) in [6.45, 7) is 7.71. The average molecular weight is 214 g/mol. The van der Waals surface area contributed by atoms with Crippen LogP contribution in [-0.2, 0) is 4.74 Å². The maximum absolute atomic E-state index is 5.58. The van der Waals surface area contributed by atoms with Crippen molar-refractivity contribution in [1.29, 1.82) is 0 Å². The van der Waals surface area contributed by atoms with E-state index in [4.69, 9.17) is 4.74 Å². The van der Waals surface area contributed by atoms with Gasteiger partial charge in [-0.2, -0.15) is 0 Å². The van der Waals surface area contributed by atoms with Gasteiger partial charge >= 0.3 is 0 Å². The summed E-state index contributed by atoms with van der Waals surface area (Å²) in [7, 11) is 2.16. The van der Waals surface area contributed by atoms with E-state index in [1.165, 1.54) is 25.7 Å². The highest BCUT2D eigenvalue weighted by Gasteiger charge is 2.14. The van der Waals surface area contributed by atoms with Crippen molar-refractivity contribution < 1.29 is 4.74 Å². The number of rotatable bonds is 8. The predicted octanol–water partition coefficient (Wildman–Crippen LogP) is 1.49. The van der Waals surface area contributed by atoms with Crippen LogP contribution in [0, 0.1) is 0 Å². The molecule has 0 bridgehead atoms. The second-order valence-electron chi connectivity index (χ2n) is 4.42. The summed E-state index contributed by atoms with van der Waals surface area (Å²) >= 11 is 0. The Morgan fingerprint density at radius 3 is 2.93 bits per heavy atom. The summed E-state index contributed by atoms with van der Waals surface area (Å²) in [5.74, 6) is 0. The minimum Gasteiger partial charge on any atom is -0.378 e. The van der Waals surface area contributed by atoms with Gasteiger partial charge in [0.2, 0.25) is 0 Å². The molecule has 1 unspecified atom stereocenters. The molecule has 0 radical (unpaired) electrons. The zero-order valence-corrected chi connectivity index (χ0v) is 10.3. The molecule has 1 atom stereocenters. The van der Waals surface area contributed by atoms with Gasteiger partial charge < -0.3 is 15.0 Å². The molecule has 3 heteroatoms. The quantitative estimate of drug-likeness (QED) is 0.620. The Hall–Kier alpha value is -0.120. The van der Waals surface area contributed by atoms with Crippen LogP contribution in [0.25, 0.3) is 0 Å². The van der Waals surface area contributed by atoms with Crippen molar-refractivity contribution in [3.63, 3.8) is 0 Å². The van der Waals surface area contributed by atoms with Crippen molar-refractivity contribution in [2.75, 3.05) is 39.8 Å². The fourth-order valence-electron chi connectivity index (χ4n) is 1.88. The molecule has 1 saturated heterocycles. The lowest BCUT2D eigenvalue weighted by Crippen LogP contribution is -2.29. The van der Waals surface area contributed by atoms with Crippen molar-refractivity contribution >= 4 is 0 Å². The second kappa shape index (κ2) is 8.08. The van der Waals surface area contributed by atoms with E-state index in [1.54, 1.807) is 0 Å². The zero-order chi connectivity index (χ0) is 10.9. The lowest BCUT2D eigenvalue weighted by atomic mass is 10.1. The van der Waals surface area contributed by atoms with Gasteiger partial charge in [0.1, 0.15) is 0 Å². The van der Waals surface area contributed by atoms with Crippen LogP contribution in [0.15, 0.2) is 0 Å². The largest absolute Gasteiger partial charge is 0.378 e. The fraction of sp³-hybridized carbons (Fsp3) is 1.00. The van der Waals surface area contributed by atoms with Crippen LogP contribution in [0.4, 0.5) is 0 Å². The molecule has 0 aromatic rings. The number of nitrogens with one attached hydrogen (secondary N) is 1. The number of nitrogens with zero attached hydrogens (tertiary/aromatic N) is 1. The molecule has 90 valence electrons. The molecule has 1 heterocycles. The minimum absolute atomic E-state index is 0.560. The van der Waals surface area contributed by atoms with Crippen LogP contribution in [0.3, 0.4) is 0 Å². The first-order chi connectivity index (χ1) is 7.33. The van der Waals surface area contributed by atoms with Gasteiger partial charge in [-0.25, -0.2) is 0 Å². The van der Waals surface area contributed by atoms with E-state index in [1.807, 2.05) is 0 Å². The summed E-state index contributed by atoms with van der Waals surface area (Å²) in [5.41, 5.74) is 0. The van der Waals surface area contributed by atoms with E-state index in [0.29, 0.717) is 6.10 Å². The molecular formula is C12H26N2O. The topological polar surface area (TPSA) is 24.5 Å². The van der Waals surface area contributed by atoms with Gasteiger partial charge in [0.15, 0.2) is 0 Å². The first-order valence-corrected chi connectivity index (χ1v) is 6.33. The van der Waals surface area contributed by atoms with E-state index < -0.39 is 0 Å². The van der Waals surface area contributed by atoms with Gasteiger partial charge in [-0.15, -0.1) is 0 Å². The first kappa shape index (κ1) is 12.9. The highest BCUT2D eigenvalue weighted by molar-refractivity contribution is 4.65. The van der Waals surface area contributed by atoms with Gasteiger partial charge in [-0.3, -0.25) is 0 Å². The number of hydrogen-bond donors (Lipinski definition) is 1. The van der Waals surface area contributed by atoms with Gasteiger partial charge in [-0.05, 0) is 45.8 Å². The Labute approximate surface area is 94.2 Å². The summed E-state index contributed by atoms with van der Waals surface area (Å²) in [5, 5.41) is 3.48. The molecule has 1 N–H and O–H groups in total.